The maximum atomic E-state index is 11.3. The molecule has 1 rings (SSSR count). The molecule has 0 aromatic carbocycles. The van der Waals surface area contributed by atoms with Crippen LogP contribution in [0.25, 0.3) is 0 Å². The van der Waals surface area contributed by atoms with Gasteiger partial charge in [0.25, 0.3) is 0 Å². The topological polar surface area (TPSA) is 96.0 Å². The van der Waals surface area contributed by atoms with Crippen LogP contribution in [0, 0.1) is 11.3 Å². The second-order valence-electron chi connectivity index (χ2n) is 3.45. The number of nitrogens with two attached hydrogens (primary N) is 1. The highest BCUT2D eigenvalue weighted by Crippen LogP contribution is 2.27. The third-order valence-corrected chi connectivity index (χ3v) is 4.00. The van der Waals surface area contributed by atoms with Gasteiger partial charge in [0.05, 0.1) is 11.1 Å². The minimum absolute atomic E-state index is 0.0125. The molecule has 0 spiro atoms. The van der Waals surface area contributed by atoms with Gasteiger partial charge in [0.2, 0.25) is 10.0 Å². The number of nitrogens with one attached hydrogen (secondary N) is 2. The van der Waals surface area contributed by atoms with Crippen LogP contribution in [0.4, 0.5) is 0 Å². The Kier molecular flexibility index (Phi) is 2.92. The molecule has 0 saturated heterocycles. The van der Waals surface area contributed by atoms with Gasteiger partial charge >= 0.3 is 0 Å². The number of amidine groups is 1. The zero-order chi connectivity index (χ0) is 10.1. The fourth-order valence-electron chi connectivity index (χ4n) is 0.847. The first kappa shape index (κ1) is 10.5. The van der Waals surface area contributed by atoms with Gasteiger partial charge in [0, 0.05) is 12.5 Å². The van der Waals surface area contributed by atoms with E-state index in [2.05, 4.69) is 4.72 Å². The molecule has 4 N–H and O–H groups in total. The van der Waals surface area contributed by atoms with Gasteiger partial charge in [-0.2, -0.15) is 0 Å². The Morgan fingerprint density at radius 3 is 2.62 bits per heavy atom. The first-order valence-corrected chi connectivity index (χ1v) is 5.80. The molecule has 76 valence electrons. The standard InChI is InChI=1S/C7H15N3O2S/c1-5(7(8)9)4-10-13(11,12)6-2-3-6/h5-6,10H,2-4H2,1H3,(H3,8,9). The van der Waals surface area contributed by atoms with E-state index in [0.717, 1.165) is 12.8 Å². The highest BCUT2D eigenvalue weighted by Gasteiger charge is 2.35. The van der Waals surface area contributed by atoms with Crippen LogP contribution < -0.4 is 10.5 Å². The van der Waals surface area contributed by atoms with Crippen molar-refractivity contribution in [2.45, 2.75) is 25.0 Å². The molecule has 0 amide bonds. The molecule has 13 heavy (non-hydrogen) atoms. The summed E-state index contributed by atoms with van der Waals surface area (Å²) < 4.78 is 25.0. The van der Waals surface area contributed by atoms with E-state index in [0.29, 0.717) is 0 Å². The molecule has 0 aromatic heterocycles. The van der Waals surface area contributed by atoms with Crippen molar-refractivity contribution in [3.63, 3.8) is 0 Å². The summed E-state index contributed by atoms with van der Waals surface area (Å²) >= 11 is 0. The largest absolute Gasteiger partial charge is 0.387 e. The number of rotatable bonds is 5. The van der Waals surface area contributed by atoms with Crippen molar-refractivity contribution < 1.29 is 8.42 Å². The van der Waals surface area contributed by atoms with E-state index >= 15 is 0 Å². The molecule has 5 nitrogen and oxygen atoms in total. The SMILES string of the molecule is CC(CNS(=O)(=O)C1CC1)C(=N)N. The smallest absolute Gasteiger partial charge is 0.214 e. The molecule has 0 radical (unpaired) electrons. The van der Waals surface area contributed by atoms with E-state index in [4.69, 9.17) is 11.1 Å². The molecule has 1 saturated carbocycles. The third-order valence-electron chi connectivity index (χ3n) is 2.08. The molecular formula is C7H15N3O2S. The van der Waals surface area contributed by atoms with E-state index in [1.54, 1.807) is 6.92 Å². The summed E-state index contributed by atoms with van der Waals surface area (Å²) in [5.41, 5.74) is 5.21. The molecule has 0 heterocycles. The Balaban J connectivity index is 2.37. The Morgan fingerprint density at radius 1 is 1.69 bits per heavy atom. The van der Waals surface area contributed by atoms with Crippen LogP contribution in [0.2, 0.25) is 0 Å². The Labute approximate surface area is 78.3 Å². The van der Waals surface area contributed by atoms with E-state index in [1.807, 2.05) is 0 Å². The van der Waals surface area contributed by atoms with Gasteiger partial charge in [-0.05, 0) is 12.8 Å². The summed E-state index contributed by atoms with van der Waals surface area (Å²) in [6.45, 7) is 1.95. The molecule has 0 bridgehead atoms. The summed E-state index contributed by atoms with van der Waals surface area (Å²) in [7, 11) is -3.12. The maximum Gasteiger partial charge on any atom is 0.214 e. The Bertz CT molecular complexity index is 295. The van der Waals surface area contributed by atoms with Crippen LogP contribution in [-0.4, -0.2) is 26.0 Å². The van der Waals surface area contributed by atoms with Crippen molar-refractivity contribution in [2.75, 3.05) is 6.54 Å². The molecule has 1 aliphatic carbocycles. The fourth-order valence-corrected chi connectivity index (χ4v) is 2.32. The van der Waals surface area contributed by atoms with Crippen LogP contribution in [0.3, 0.4) is 0 Å². The van der Waals surface area contributed by atoms with Crippen LogP contribution in [0.15, 0.2) is 0 Å². The molecular weight excluding hydrogens is 190 g/mol. The molecule has 1 atom stereocenters. The van der Waals surface area contributed by atoms with Crippen molar-refractivity contribution in [3.05, 3.63) is 0 Å². The van der Waals surface area contributed by atoms with Crippen LogP contribution >= 0.6 is 0 Å². The first-order valence-electron chi connectivity index (χ1n) is 4.26. The lowest BCUT2D eigenvalue weighted by Crippen LogP contribution is -2.35. The second-order valence-corrected chi connectivity index (χ2v) is 5.49. The summed E-state index contributed by atoms with van der Waals surface area (Å²) in [6.07, 6.45) is 1.51. The number of sulfonamides is 1. The minimum atomic E-state index is -3.12. The predicted molar refractivity (Wildman–Crippen MR) is 51.0 cm³/mol. The predicted octanol–water partition coefficient (Wildman–Crippen LogP) is -0.360. The Hall–Kier alpha value is -0.620. The highest BCUT2D eigenvalue weighted by atomic mass is 32.2. The summed E-state index contributed by atoms with van der Waals surface area (Å²) in [4.78, 5) is 0. The third kappa shape index (κ3) is 2.96. The van der Waals surface area contributed by atoms with Gasteiger partial charge in [-0.3, -0.25) is 5.41 Å². The van der Waals surface area contributed by atoms with Gasteiger partial charge < -0.3 is 5.73 Å². The van der Waals surface area contributed by atoms with Crippen LogP contribution in [-0.2, 0) is 10.0 Å². The molecule has 0 aromatic rings. The number of hydrogen-bond acceptors (Lipinski definition) is 3. The van der Waals surface area contributed by atoms with Crippen LogP contribution in [0.5, 0.6) is 0 Å². The summed E-state index contributed by atoms with van der Waals surface area (Å²) in [5, 5.41) is 6.87. The minimum Gasteiger partial charge on any atom is -0.387 e. The van der Waals surface area contributed by atoms with Crippen molar-refractivity contribution in [1.29, 1.82) is 5.41 Å². The molecule has 1 fully saturated rings. The van der Waals surface area contributed by atoms with E-state index in [-0.39, 0.29) is 23.5 Å². The lowest BCUT2D eigenvalue weighted by molar-refractivity contribution is 0.573. The Morgan fingerprint density at radius 2 is 2.23 bits per heavy atom. The fraction of sp³-hybridized carbons (Fsp3) is 0.857. The zero-order valence-electron chi connectivity index (χ0n) is 7.58. The van der Waals surface area contributed by atoms with Crippen molar-refractivity contribution in [2.24, 2.45) is 11.7 Å². The molecule has 0 aliphatic heterocycles. The van der Waals surface area contributed by atoms with Gasteiger partial charge in [0.15, 0.2) is 0 Å². The summed E-state index contributed by atoms with van der Waals surface area (Å²) in [5.74, 6) is -0.216. The maximum absolute atomic E-state index is 11.3. The average molecular weight is 205 g/mol. The number of hydrogen-bond donors (Lipinski definition) is 3. The van der Waals surface area contributed by atoms with E-state index in [1.165, 1.54) is 0 Å². The van der Waals surface area contributed by atoms with Gasteiger partial charge in [-0.1, -0.05) is 6.92 Å². The summed E-state index contributed by atoms with van der Waals surface area (Å²) in [6, 6.07) is 0. The second kappa shape index (κ2) is 3.63. The lowest BCUT2D eigenvalue weighted by atomic mass is 10.2. The molecule has 1 unspecified atom stereocenters. The molecule has 6 heteroatoms. The van der Waals surface area contributed by atoms with Crippen molar-refractivity contribution in [3.8, 4) is 0 Å². The van der Waals surface area contributed by atoms with E-state index in [9.17, 15) is 8.42 Å². The van der Waals surface area contributed by atoms with Gasteiger partial charge in [0.1, 0.15) is 0 Å². The normalized spacial score (nSPS) is 19.8. The van der Waals surface area contributed by atoms with Gasteiger partial charge in [-0.25, -0.2) is 13.1 Å². The highest BCUT2D eigenvalue weighted by molar-refractivity contribution is 7.90. The average Bonchev–Trinajstić information content (AvgIpc) is 2.81. The monoisotopic (exact) mass is 205 g/mol. The van der Waals surface area contributed by atoms with Gasteiger partial charge in [-0.15, -0.1) is 0 Å². The molecule has 1 aliphatic rings. The lowest BCUT2D eigenvalue weighted by Gasteiger charge is -2.10. The van der Waals surface area contributed by atoms with Crippen molar-refractivity contribution in [1.82, 2.24) is 4.72 Å². The zero-order valence-corrected chi connectivity index (χ0v) is 8.39. The van der Waals surface area contributed by atoms with Crippen LogP contribution in [0.1, 0.15) is 19.8 Å². The quantitative estimate of drug-likeness (QED) is 0.422. The van der Waals surface area contributed by atoms with Crippen molar-refractivity contribution >= 4 is 15.9 Å². The first-order chi connectivity index (χ1) is 5.93. The van der Waals surface area contributed by atoms with E-state index < -0.39 is 10.0 Å².